The number of nitrogens with one attached hydrogen (secondary N) is 2. The van der Waals surface area contributed by atoms with Crippen molar-refractivity contribution in [3.05, 3.63) is 65.5 Å². The summed E-state index contributed by atoms with van der Waals surface area (Å²) in [6.07, 6.45) is 3.01. The van der Waals surface area contributed by atoms with Crippen LogP contribution in [0.5, 0.6) is 0 Å². The molecular weight excluding hydrogens is 440 g/mol. The van der Waals surface area contributed by atoms with Crippen LogP contribution in [-0.4, -0.2) is 53.9 Å². The van der Waals surface area contributed by atoms with Crippen LogP contribution in [0.15, 0.2) is 48.5 Å². The summed E-state index contributed by atoms with van der Waals surface area (Å²) in [5.74, 6) is 2.10. The molecule has 176 valence electrons. The van der Waals surface area contributed by atoms with Gasteiger partial charge < -0.3 is 20.9 Å². The summed E-state index contributed by atoms with van der Waals surface area (Å²) in [4.78, 5) is 14.4. The fourth-order valence-electron chi connectivity index (χ4n) is 4.57. The number of imidazole rings is 1. The third-order valence-corrected chi connectivity index (χ3v) is 6.13. The van der Waals surface area contributed by atoms with Crippen LogP contribution in [0.4, 0.5) is 17.6 Å². The molecule has 1 aliphatic carbocycles. The topological polar surface area (TPSA) is 126 Å². The van der Waals surface area contributed by atoms with E-state index in [0.29, 0.717) is 11.8 Å². The molecule has 0 atom stereocenters. The maximum absolute atomic E-state index is 6.21. The molecule has 6 rings (SSSR count). The molecule has 5 aromatic rings. The molecule has 4 N–H and O–H groups in total. The van der Waals surface area contributed by atoms with E-state index in [-0.39, 0.29) is 5.95 Å². The summed E-state index contributed by atoms with van der Waals surface area (Å²) in [6.45, 7) is 0.743. The molecule has 0 saturated heterocycles. The summed E-state index contributed by atoms with van der Waals surface area (Å²) >= 11 is 0. The van der Waals surface area contributed by atoms with Crippen molar-refractivity contribution in [3.63, 3.8) is 0 Å². The lowest BCUT2D eigenvalue weighted by molar-refractivity contribution is 0.392. The van der Waals surface area contributed by atoms with Gasteiger partial charge in [-0.25, -0.2) is 4.98 Å². The fourth-order valence-corrected chi connectivity index (χ4v) is 4.57. The number of nitrogens with two attached hydrogens (primary N) is 1. The van der Waals surface area contributed by atoms with Crippen molar-refractivity contribution in [2.45, 2.75) is 25.8 Å². The summed E-state index contributed by atoms with van der Waals surface area (Å²) in [6, 6.07) is 16.3. The van der Waals surface area contributed by atoms with Gasteiger partial charge >= 0.3 is 0 Å². The summed E-state index contributed by atoms with van der Waals surface area (Å²) in [5.41, 5.74) is 13.4. The van der Waals surface area contributed by atoms with Crippen LogP contribution in [0, 0.1) is 0 Å². The van der Waals surface area contributed by atoms with Crippen LogP contribution in [-0.2, 0) is 19.4 Å². The number of aromatic nitrogens is 7. The van der Waals surface area contributed by atoms with Gasteiger partial charge in [0.15, 0.2) is 5.82 Å². The number of anilines is 3. The predicted octanol–water partition coefficient (Wildman–Crippen LogP) is 3.48. The summed E-state index contributed by atoms with van der Waals surface area (Å²) in [5, 5.41) is 16.8. The number of hydrogen-bond acceptors (Lipinski definition) is 8. The average molecular weight is 467 g/mol. The quantitative estimate of drug-likeness (QED) is 0.359. The second-order valence-corrected chi connectivity index (χ2v) is 9.07. The van der Waals surface area contributed by atoms with Gasteiger partial charge in [0.25, 0.3) is 0 Å². The van der Waals surface area contributed by atoms with Crippen molar-refractivity contribution in [2.75, 3.05) is 25.1 Å². The van der Waals surface area contributed by atoms with Crippen LogP contribution < -0.4 is 11.1 Å². The molecule has 1 aliphatic rings. The number of benzene rings is 2. The zero-order valence-electron chi connectivity index (χ0n) is 19.7. The number of aromatic amines is 1. The minimum absolute atomic E-state index is 0.242. The molecule has 10 nitrogen and oxygen atoms in total. The number of nitrogens with zero attached hydrogens (tertiary/aromatic N) is 7. The molecule has 2 aromatic carbocycles. The summed E-state index contributed by atoms with van der Waals surface area (Å²) < 4.78 is 1.52. The maximum atomic E-state index is 6.21. The van der Waals surface area contributed by atoms with Crippen molar-refractivity contribution in [1.29, 1.82) is 0 Å². The van der Waals surface area contributed by atoms with E-state index in [1.165, 1.54) is 10.2 Å². The highest BCUT2D eigenvalue weighted by Gasteiger charge is 2.19. The monoisotopic (exact) mass is 466 g/mol. The fraction of sp³-hybridized carbons (Fsp3) is 0.240. The van der Waals surface area contributed by atoms with Crippen molar-refractivity contribution in [1.82, 2.24) is 39.8 Å². The first-order valence-electron chi connectivity index (χ1n) is 11.6. The Morgan fingerprint density at radius 2 is 1.89 bits per heavy atom. The predicted molar refractivity (Wildman–Crippen MR) is 136 cm³/mol. The molecule has 0 unspecified atom stereocenters. The standard InChI is InChI=1S/C25H26N10/c1-34(2)14-21-28-19-11-10-17(13-20(19)29-21)27-25-30-24(26)35(33-25)22-12-16-8-5-7-15-6-3-4-9-18(15)23(16)32-31-22/h3-4,6,9-13H,5,7-8,14H2,1-2H3,(H,28,29)(H3,26,27,30,33). The van der Waals surface area contributed by atoms with Crippen LogP contribution in [0.1, 0.15) is 23.4 Å². The van der Waals surface area contributed by atoms with E-state index >= 15 is 0 Å². The minimum Gasteiger partial charge on any atom is -0.368 e. The molecule has 0 bridgehead atoms. The third kappa shape index (κ3) is 4.08. The smallest absolute Gasteiger partial charge is 0.248 e. The molecule has 10 heteroatoms. The molecular formula is C25H26N10. The van der Waals surface area contributed by atoms with Gasteiger partial charge in [-0.3, -0.25) is 0 Å². The molecule has 0 fully saturated rings. The van der Waals surface area contributed by atoms with E-state index in [9.17, 15) is 0 Å². The van der Waals surface area contributed by atoms with Crippen molar-refractivity contribution >= 4 is 28.6 Å². The molecule has 0 amide bonds. The van der Waals surface area contributed by atoms with E-state index in [0.717, 1.165) is 65.2 Å². The molecule has 3 heterocycles. The Labute approximate surface area is 202 Å². The van der Waals surface area contributed by atoms with Crippen molar-refractivity contribution in [2.24, 2.45) is 0 Å². The Balaban J connectivity index is 1.28. The zero-order valence-corrected chi connectivity index (χ0v) is 19.7. The number of H-pyrrole nitrogens is 1. The molecule has 3 aromatic heterocycles. The highest BCUT2D eigenvalue weighted by atomic mass is 15.4. The first kappa shape index (κ1) is 21.2. The Morgan fingerprint density at radius 3 is 2.77 bits per heavy atom. The highest BCUT2D eigenvalue weighted by molar-refractivity contribution is 5.80. The van der Waals surface area contributed by atoms with Gasteiger partial charge in [0.1, 0.15) is 5.82 Å². The number of fused-ring (bicyclic) bond motifs is 4. The van der Waals surface area contributed by atoms with E-state index in [4.69, 9.17) is 5.73 Å². The largest absolute Gasteiger partial charge is 0.368 e. The van der Waals surface area contributed by atoms with Gasteiger partial charge in [-0.05, 0) is 68.8 Å². The van der Waals surface area contributed by atoms with Crippen molar-refractivity contribution < 1.29 is 0 Å². The Hall–Kier alpha value is -4.31. The second-order valence-electron chi connectivity index (χ2n) is 9.07. The number of rotatable bonds is 5. The number of aryl methyl sites for hydroxylation is 2. The molecule has 0 saturated carbocycles. The van der Waals surface area contributed by atoms with Gasteiger partial charge in [0.2, 0.25) is 11.9 Å². The molecule has 0 radical (unpaired) electrons. The first-order valence-corrected chi connectivity index (χ1v) is 11.6. The first-order chi connectivity index (χ1) is 17.0. The minimum atomic E-state index is 0.242. The Kier molecular flexibility index (Phi) is 5.14. The number of hydrogen-bond donors (Lipinski definition) is 3. The maximum Gasteiger partial charge on any atom is 0.248 e. The normalized spacial score (nSPS) is 13.0. The molecule has 0 aliphatic heterocycles. The molecule has 35 heavy (non-hydrogen) atoms. The third-order valence-electron chi connectivity index (χ3n) is 6.13. The van der Waals surface area contributed by atoms with Crippen LogP contribution >= 0.6 is 0 Å². The van der Waals surface area contributed by atoms with Gasteiger partial charge in [-0.15, -0.1) is 15.3 Å². The lowest BCUT2D eigenvalue weighted by Gasteiger charge is -2.09. The van der Waals surface area contributed by atoms with Crippen LogP contribution in [0.25, 0.3) is 28.1 Å². The average Bonchev–Trinajstić information content (AvgIpc) is 3.34. The van der Waals surface area contributed by atoms with Gasteiger partial charge in [-0.2, -0.15) is 9.67 Å². The van der Waals surface area contributed by atoms with Crippen LogP contribution in [0.2, 0.25) is 0 Å². The lowest BCUT2D eigenvalue weighted by Crippen LogP contribution is -2.11. The van der Waals surface area contributed by atoms with Crippen LogP contribution in [0.3, 0.4) is 0 Å². The van der Waals surface area contributed by atoms with Gasteiger partial charge in [-0.1, -0.05) is 24.3 Å². The molecule has 0 spiro atoms. The summed E-state index contributed by atoms with van der Waals surface area (Å²) in [7, 11) is 4.03. The Morgan fingerprint density at radius 1 is 1.03 bits per heavy atom. The van der Waals surface area contributed by atoms with E-state index in [2.05, 4.69) is 58.7 Å². The van der Waals surface area contributed by atoms with E-state index in [1.807, 2.05) is 44.4 Å². The van der Waals surface area contributed by atoms with E-state index in [1.54, 1.807) is 0 Å². The van der Waals surface area contributed by atoms with E-state index < -0.39 is 0 Å². The number of nitrogen functional groups attached to an aromatic ring is 1. The van der Waals surface area contributed by atoms with Gasteiger partial charge in [0.05, 0.1) is 23.3 Å². The van der Waals surface area contributed by atoms with Gasteiger partial charge in [0, 0.05) is 11.3 Å². The van der Waals surface area contributed by atoms with Crippen molar-refractivity contribution in [3.8, 4) is 17.1 Å². The second kappa shape index (κ2) is 8.48. The Bertz CT molecular complexity index is 1530. The SMILES string of the molecule is CN(C)Cc1nc2ccc(Nc3nc(N)n(-c4cc5c(nn4)-c4ccccc4CCC5)n3)cc2[nH]1. The zero-order chi connectivity index (χ0) is 23.9. The lowest BCUT2D eigenvalue weighted by atomic mass is 10.0. The highest BCUT2D eigenvalue weighted by Crippen LogP contribution is 2.31.